The van der Waals surface area contributed by atoms with E-state index >= 15 is 0 Å². The lowest BCUT2D eigenvalue weighted by Crippen LogP contribution is -2.39. The summed E-state index contributed by atoms with van der Waals surface area (Å²) in [5.41, 5.74) is -1.03. The number of nitrogens with one attached hydrogen (secondary N) is 2. The summed E-state index contributed by atoms with van der Waals surface area (Å²) in [7, 11) is 0. The molecule has 8 nitrogen and oxygen atoms in total. The molecule has 0 unspecified atom stereocenters. The Morgan fingerprint density at radius 1 is 1.26 bits per heavy atom. The zero-order valence-corrected chi connectivity index (χ0v) is 17.2. The van der Waals surface area contributed by atoms with Crippen molar-refractivity contribution in [1.82, 2.24) is 14.5 Å². The van der Waals surface area contributed by atoms with Crippen LogP contribution in [0.1, 0.15) is 22.8 Å². The largest absolute Gasteiger partial charge is 0.494 e. The minimum atomic E-state index is -0.829. The van der Waals surface area contributed by atoms with E-state index in [0.717, 1.165) is 15.5 Å². The highest BCUT2D eigenvalue weighted by molar-refractivity contribution is 7.22. The molecule has 0 aliphatic rings. The molecule has 2 aromatic carbocycles. The highest BCUT2D eigenvalue weighted by Crippen LogP contribution is 2.29. The van der Waals surface area contributed by atoms with E-state index in [1.807, 2.05) is 13.0 Å². The van der Waals surface area contributed by atoms with Gasteiger partial charge in [-0.05, 0) is 31.2 Å². The third kappa shape index (κ3) is 4.24. The number of halogens is 1. The van der Waals surface area contributed by atoms with Gasteiger partial charge in [0.05, 0.1) is 23.4 Å². The lowest BCUT2D eigenvalue weighted by molar-refractivity contribution is 0.102. The Hall–Kier alpha value is -3.79. The van der Waals surface area contributed by atoms with Crippen molar-refractivity contribution in [2.75, 3.05) is 11.9 Å². The molecule has 0 atom stereocenters. The van der Waals surface area contributed by atoms with E-state index in [1.54, 1.807) is 18.2 Å². The fourth-order valence-corrected chi connectivity index (χ4v) is 3.88. The van der Waals surface area contributed by atoms with Crippen molar-refractivity contribution in [2.45, 2.75) is 13.5 Å². The summed E-state index contributed by atoms with van der Waals surface area (Å²) < 4.78 is 21.0. The summed E-state index contributed by atoms with van der Waals surface area (Å²) in [5.74, 6) is -0.592. The van der Waals surface area contributed by atoms with Crippen LogP contribution in [0, 0.1) is 5.82 Å². The molecule has 0 saturated carbocycles. The number of anilines is 1. The number of aromatic nitrogens is 3. The second-order valence-corrected chi connectivity index (χ2v) is 7.56. The SMILES string of the molecule is CCOc1ccc2nc(NC(=O)c3c[nH]c(=O)n(Cc4ccccc4F)c3=O)sc2c1. The fraction of sp³-hybridized carbons (Fsp3) is 0.143. The van der Waals surface area contributed by atoms with Gasteiger partial charge in [-0.25, -0.2) is 14.2 Å². The van der Waals surface area contributed by atoms with Gasteiger partial charge in [0, 0.05) is 11.8 Å². The third-order valence-corrected chi connectivity index (χ3v) is 5.42. The number of amides is 1. The number of carbonyl (C=O) groups is 1. The molecule has 2 N–H and O–H groups in total. The van der Waals surface area contributed by atoms with Crippen LogP contribution in [-0.2, 0) is 6.54 Å². The van der Waals surface area contributed by atoms with Gasteiger partial charge in [0.15, 0.2) is 5.13 Å². The monoisotopic (exact) mass is 440 g/mol. The van der Waals surface area contributed by atoms with Crippen LogP contribution in [0.15, 0.2) is 58.3 Å². The van der Waals surface area contributed by atoms with E-state index in [9.17, 15) is 18.8 Å². The standard InChI is InChI=1S/C21H17FN4O4S/c1-2-30-13-7-8-16-17(9-13)31-20(24-16)25-18(27)14-10-23-21(29)26(19(14)28)11-12-5-3-4-6-15(12)22/h3-10H,2,11H2,1H3,(H,23,29)(H,24,25,27). The van der Waals surface area contributed by atoms with Crippen LogP contribution < -0.4 is 21.3 Å². The number of ether oxygens (including phenoxy) is 1. The maximum Gasteiger partial charge on any atom is 0.328 e. The third-order valence-electron chi connectivity index (χ3n) is 4.48. The number of nitrogens with zero attached hydrogens (tertiary/aromatic N) is 2. The first-order valence-corrected chi connectivity index (χ1v) is 10.2. The second kappa shape index (κ2) is 8.52. The molecule has 4 aromatic rings. The summed E-state index contributed by atoms with van der Waals surface area (Å²) in [4.78, 5) is 44.2. The van der Waals surface area contributed by atoms with Gasteiger partial charge in [0.2, 0.25) is 0 Å². The smallest absolute Gasteiger partial charge is 0.328 e. The highest BCUT2D eigenvalue weighted by atomic mass is 32.1. The van der Waals surface area contributed by atoms with E-state index in [0.29, 0.717) is 23.0 Å². The quantitative estimate of drug-likeness (QED) is 0.480. The van der Waals surface area contributed by atoms with Crippen LogP contribution in [0.5, 0.6) is 5.75 Å². The number of hydrogen-bond acceptors (Lipinski definition) is 6. The molecule has 31 heavy (non-hydrogen) atoms. The van der Waals surface area contributed by atoms with E-state index in [4.69, 9.17) is 4.74 Å². The first-order valence-electron chi connectivity index (χ1n) is 9.37. The first-order chi connectivity index (χ1) is 15.0. The topological polar surface area (TPSA) is 106 Å². The van der Waals surface area contributed by atoms with Gasteiger partial charge < -0.3 is 9.72 Å². The molecule has 0 aliphatic heterocycles. The van der Waals surface area contributed by atoms with Crippen LogP contribution in [0.3, 0.4) is 0 Å². The number of thiazole rings is 1. The zero-order valence-electron chi connectivity index (χ0n) is 16.3. The second-order valence-electron chi connectivity index (χ2n) is 6.53. The molecule has 0 bridgehead atoms. The minimum absolute atomic E-state index is 0.156. The van der Waals surface area contributed by atoms with Gasteiger partial charge in [-0.1, -0.05) is 29.5 Å². The van der Waals surface area contributed by atoms with E-state index in [2.05, 4.69) is 15.3 Å². The van der Waals surface area contributed by atoms with Crippen LogP contribution in [0.4, 0.5) is 9.52 Å². The van der Waals surface area contributed by atoms with Crippen molar-refractivity contribution in [3.8, 4) is 5.75 Å². The summed E-state index contributed by atoms with van der Waals surface area (Å²) in [6, 6.07) is 11.2. The zero-order chi connectivity index (χ0) is 22.0. The number of aromatic amines is 1. The molecule has 4 rings (SSSR count). The average Bonchev–Trinajstić information content (AvgIpc) is 3.14. The summed E-state index contributed by atoms with van der Waals surface area (Å²) in [5, 5.41) is 2.87. The number of rotatable bonds is 6. The first kappa shape index (κ1) is 20.5. The van der Waals surface area contributed by atoms with Gasteiger partial charge >= 0.3 is 5.69 Å². The summed E-state index contributed by atoms with van der Waals surface area (Å²) in [6.45, 7) is 2.11. The maximum absolute atomic E-state index is 13.9. The van der Waals surface area contributed by atoms with E-state index in [1.165, 1.54) is 29.5 Å². The molecular formula is C21H17FN4O4S. The molecule has 10 heteroatoms. The van der Waals surface area contributed by atoms with Gasteiger partial charge in [-0.15, -0.1) is 0 Å². The Labute approximate surface area is 179 Å². The Balaban J connectivity index is 1.62. The predicted molar refractivity (Wildman–Crippen MR) is 116 cm³/mol. The molecule has 2 heterocycles. The molecule has 158 valence electrons. The van der Waals surface area contributed by atoms with Crippen molar-refractivity contribution in [1.29, 1.82) is 0 Å². The van der Waals surface area contributed by atoms with Gasteiger partial charge in [0.1, 0.15) is 17.1 Å². The Bertz CT molecular complexity index is 1390. The van der Waals surface area contributed by atoms with Crippen LogP contribution >= 0.6 is 11.3 Å². The molecule has 2 aromatic heterocycles. The molecule has 0 aliphatic carbocycles. The minimum Gasteiger partial charge on any atom is -0.494 e. The lowest BCUT2D eigenvalue weighted by atomic mass is 10.2. The van der Waals surface area contributed by atoms with Crippen molar-refractivity contribution in [3.05, 3.63) is 86.4 Å². The number of hydrogen-bond donors (Lipinski definition) is 2. The lowest BCUT2D eigenvalue weighted by Gasteiger charge is -2.08. The average molecular weight is 440 g/mol. The molecular weight excluding hydrogens is 423 g/mol. The number of benzene rings is 2. The van der Waals surface area contributed by atoms with Crippen LogP contribution in [0.2, 0.25) is 0 Å². The predicted octanol–water partition coefficient (Wildman–Crippen LogP) is 2.98. The van der Waals surface area contributed by atoms with Crippen molar-refractivity contribution >= 4 is 32.6 Å². The molecule has 0 fully saturated rings. The number of H-pyrrole nitrogens is 1. The van der Waals surface area contributed by atoms with Gasteiger partial charge in [-0.3, -0.25) is 19.5 Å². The van der Waals surface area contributed by atoms with E-state index < -0.39 is 23.0 Å². The summed E-state index contributed by atoms with van der Waals surface area (Å²) >= 11 is 1.22. The van der Waals surface area contributed by atoms with Crippen molar-refractivity contribution in [2.24, 2.45) is 0 Å². The van der Waals surface area contributed by atoms with Crippen molar-refractivity contribution < 1.29 is 13.9 Å². The van der Waals surface area contributed by atoms with Crippen LogP contribution in [0.25, 0.3) is 10.2 Å². The number of fused-ring (bicyclic) bond motifs is 1. The molecule has 0 saturated heterocycles. The normalized spacial score (nSPS) is 10.9. The highest BCUT2D eigenvalue weighted by Gasteiger charge is 2.17. The van der Waals surface area contributed by atoms with Crippen molar-refractivity contribution in [3.63, 3.8) is 0 Å². The van der Waals surface area contributed by atoms with Gasteiger partial charge in [0.25, 0.3) is 11.5 Å². The Morgan fingerprint density at radius 3 is 2.84 bits per heavy atom. The Kier molecular flexibility index (Phi) is 5.63. The van der Waals surface area contributed by atoms with E-state index in [-0.39, 0.29) is 17.7 Å². The fourth-order valence-electron chi connectivity index (χ4n) is 2.99. The Morgan fingerprint density at radius 2 is 2.06 bits per heavy atom. The number of carbonyl (C=O) groups excluding carboxylic acids is 1. The molecule has 1 amide bonds. The summed E-state index contributed by atoms with van der Waals surface area (Å²) in [6.07, 6.45) is 1.04. The van der Waals surface area contributed by atoms with Gasteiger partial charge in [-0.2, -0.15) is 0 Å². The maximum atomic E-state index is 13.9. The molecule has 0 radical (unpaired) electrons. The molecule has 0 spiro atoms. The van der Waals surface area contributed by atoms with Crippen LogP contribution in [-0.4, -0.2) is 27.0 Å².